The minimum Gasteiger partial charge on any atom is -0.496 e. The lowest BCUT2D eigenvalue weighted by atomic mass is 10.2. The number of rotatable bonds is 5. The number of hydrazine groups is 1. The highest BCUT2D eigenvalue weighted by Crippen LogP contribution is 2.16. The van der Waals surface area contributed by atoms with E-state index in [9.17, 15) is 4.79 Å². The number of amides is 1. The van der Waals surface area contributed by atoms with Crippen LogP contribution in [0.25, 0.3) is 0 Å². The van der Waals surface area contributed by atoms with Crippen molar-refractivity contribution in [3.63, 3.8) is 0 Å². The number of nitrogen functional groups attached to an aromatic ring is 1. The van der Waals surface area contributed by atoms with Crippen LogP contribution in [0.3, 0.4) is 0 Å². The molecule has 1 aromatic heterocycles. The number of nitrogens with one attached hydrogen (secondary N) is 2. The number of carbonyl (C=O) groups is 1. The van der Waals surface area contributed by atoms with Gasteiger partial charge in [-0.25, -0.2) is 10.8 Å². The smallest absolute Gasteiger partial charge is 0.271 e. The molecule has 0 unspecified atom stereocenters. The SMILES string of the molecule is COc1ccccc1CNC(=O)c1cncc(NN)n1. The van der Waals surface area contributed by atoms with Gasteiger partial charge in [0.05, 0.1) is 19.5 Å². The van der Waals surface area contributed by atoms with E-state index < -0.39 is 0 Å². The van der Waals surface area contributed by atoms with Crippen LogP contribution < -0.4 is 21.3 Å². The number of hydrogen-bond acceptors (Lipinski definition) is 6. The standard InChI is InChI=1S/C13H15N5O2/c1-20-11-5-3-2-4-9(11)6-16-13(19)10-7-15-8-12(17-10)18-14/h2-5,7-8H,6,14H2,1H3,(H,16,19)(H,17,18). The Morgan fingerprint density at radius 2 is 2.15 bits per heavy atom. The lowest BCUT2D eigenvalue weighted by Crippen LogP contribution is -2.24. The molecule has 2 aromatic rings. The summed E-state index contributed by atoms with van der Waals surface area (Å²) in [4.78, 5) is 19.8. The summed E-state index contributed by atoms with van der Waals surface area (Å²) in [5.41, 5.74) is 3.41. The molecule has 1 aromatic carbocycles. The second-order valence-corrected chi connectivity index (χ2v) is 3.93. The second-order valence-electron chi connectivity index (χ2n) is 3.93. The summed E-state index contributed by atoms with van der Waals surface area (Å²) in [6, 6.07) is 7.46. The molecule has 7 nitrogen and oxygen atoms in total. The average molecular weight is 273 g/mol. The maximum Gasteiger partial charge on any atom is 0.271 e. The largest absolute Gasteiger partial charge is 0.496 e. The fourth-order valence-corrected chi connectivity index (χ4v) is 1.66. The molecule has 0 aliphatic carbocycles. The Labute approximate surface area is 116 Å². The molecule has 0 aliphatic heterocycles. The predicted octanol–water partition coefficient (Wildman–Crippen LogP) is 0.701. The number of carbonyl (C=O) groups excluding carboxylic acids is 1. The third kappa shape index (κ3) is 3.21. The van der Waals surface area contributed by atoms with E-state index in [1.165, 1.54) is 12.4 Å². The molecular formula is C13H15N5O2. The minimum absolute atomic E-state index is 0.190. The van der Waals surface area contributed by atoms with Crippen molar-refractivity contribution in [1.82, 2.24) is 15.3 Å². The Bertz CT molecular complexity index is 603. The van der Waals surface area contributed by atoms with Gasteiger partial charge in [0.1, 0.15) is 11.4 Å². The topological polar surface area (TPSA) is 102 Å². The van der Waals surface area contributed by atoms with E-state index in [0.717, 1.165) is 11.3 Å². The van der Waals surface area contributed by atoms with Gasteiger partial charge in [-0.15, -0.1) is 0 Å². The molecule has 7 heteroatoms. The van der Waals surface area contributed by atoms with Crippen LogP contribution in [-0.2, 0) is 6.54 Å². The summed E-state index contributed by atoms with van der Waals surface area (Å²) in [6.45, 7) is 0.338. The van der Waals surface area contributed by atoms with Crippen molar-refractivity contribution in [2.75, 3.05) is 12.5 Å². The lowest BCUT2D eigenvalue weighted by Gasteiger charge is -2.09. The zero-order valence-corrected chi connectivity index (χ0v) is 11.0. The molecule has 0 saturated carbocycles. The summed E-state index contributed by atoms with van der Waals surface area (Å²) in [5.74, 6) is 5.94. The van der Waals surface area contributed by atoms with Gasteiger partial charge in [-0.3, -0.25) is 9.78 Å². The molecule has 0 spiro atoms. The van der Waals surface area contributed by atoms with E-state index >= 15 is 0 Å². The number of para-hydroxylation sites is 1. The summed E-state index contributed by atoms with van der Waals surface area (Å²) < 4.78 is 5.21. The van der Waals surface area contributed by atoms with E-state index in [1.807, 2.05) is 24.3 Å². The predicted molar refractivity (Wildman–Crippen MR) is 74.0 cm³/mol. The van der Waals surface area contributed by atoms with Gasteiger partial charge in [0.15, 0.2) is 5.82 Å². The van der Waals surface area contributed by atoms with Crippen molar-refractivity contribution in [1.29, 1.82) is 0 Å². The molecular weight excluding hydrogens is 258 g/mol. The number of anilines is 1. The molecule has 1 heterocycles. The number of ether oxygens (including phenoxy) is 1. The molecule has 0 radical (unpaired) electrons. The summed E-state index contributed by atoms with van der Waals surface area (Å²) in [7, 11) is 1.59. The highest BCUT2D eigenvalue weighted by atomic mass is 16.5. The van der Waals surface area contributed by atoms with Crippen LogP contribution in [0.5, 0.6) is 5.75 Å². The molecule has 1 amide bonds. The first-order chi connectivity index (χ1) is 9.74. The average Bonchev–Trinajstić information content (AvgIpc) is 2.52. The molecule has 0 saturated heterocycles. The highest BCUT2D eigenvalue weighted by molar-refractivity contribution is 5.92. The van der Waals surface area contributed by atoms with Crippen LogP contribution >= 0.6 is 0 Å². The maximum absolute atomic E-state index is 12.0. The van der Waals surface area contributed by atoms with Gasteiger partial charge in [0.25, 0.3) is 5.91 Å². The Hall–Kier alpha value is -2.67. The third-order valence-electron chi connectivity index (χ3n) is 2.65. The molecule has 2 rings (SSSR count). The Kier molecular flexibility index (Phi) is 4.46. The van der Waals surface area contributed by atoms with E-state index in [0.29, 0.717) is 12.4 Å². The fraction of sp³-hybridized carbons (Fsp3) is 0.154. The van der Waals surface area contributed by atoms with Gasteiger partial charge >= 0.3 is 0 Å². The molecule has 4 N–H and O–H groups in total. The first-order valence-corrected chi connectivity index (χ1v) is 5.93. The zero-order valence-electron chi connectivity index (χ0n) is 11.0. The molecule has 0 fully saturated rings. The van der Waals surface area contributed by atoms with Crippen molar-refractivity contribution < 1.29 is 9.53 Å². The quantitative estimate of drug-likeness (QED) is 0.547. The molecule has 0 bridgehead atoms. The second kappa shape index (κ2) is 6.48. The number of nitrogens with zero attached hydrogens (tertiary/aromatic N) is 2. The first kappa shape index (κ1) is 13.8. The summed E-state index contributed by atoms with van der Waals surface area (Å²) in [5, 5.41) is 2.75. The molecule has 0 aliphatic rings. The van der Waals surface area contributed by atoms with E-state index in [-0.39, 0.29) is 11.6 Å². The Morgan fingerprint density at radius 1 is 1.35 bits per heavy atom. The van der Waals surface area contributed by atoms with Gasteiger partial charge < -0.3 is 15.5 Å². The van der Waals surface area contributed by atoms with E-state index in [2.05, 4.69) is 20.7 Å². The Morgan fingerprint density at radius 3 is 2.90 bits per heavy atom. The monoisotopic (exact) mass is 273 g/mol. The van der Waals surface area contributed by atoms with Crippen LogP contribution in [-0.4, -0.2) is 23.0 Å². The van der Waals surface area contributed by atoms with Gasteiger partial charge in [0.2, 0.25) is 0 Å². The van der Waals surface area contributed by atoms with Crippen molar-refractivity contribution >= 4 is 11.7 Å². The van der Waals surface area contributed by atoms with Crippen LogP contribution in [0.1, 0.15) is 16.1 Å². The summed E-state index contributed by atoms with van der Waals surface area (Å²) >= 11 is 0. The number of hydrogen-bond donors (Lipinski definition) is 3. The third-order valence-corrected chi connectivity index (χ3v) is 2.65. The number of methoxy groups -OCH3 is 1. The Balaban J connectivity index is 2.04. The van der Waals surface area contributed by atoms with Gasteiger partial charge in [-0.2, -0.15) is 0 Å². The van der Waals surface area contributed by atoms with Gasteiger partial charge in [-0.1, -0.05) is 18.2 Å². The fourth-order valence-electron chi connectivity index (χ4n) is 1.66. The number of benzene rings is 1. The van der Waals surface area contributed by atoms with Crippen LogP contribution in [0.2, 0.25) is 0 Å². The summed E-state index contributed by atoms with van der Waals surface area (Å²) in [6.07, 6.45) is 2.80. The molecule has 20 heavy (non-hydrogen) atoms. The van der Waals surface area contributed by atoms with Crippen LogP contribution in [0.15, 0.2) is 36.7 Å². The maximum atomic E-state index is 12.0. The van der Waals surface area contributed by atoms with Crippen molar-refractivity contribution in [2.45, 2.75) is 6.54 Å². The highest BCUT2D eigenvalue weighted by Gasteiger charge is 2.09. The van der Waals surface area contributed by atoms with Crippen molar-refractivity contribution in [3.05, 3.63) is 47.9 Å². The van der Waals surface area contributed by atoms with E-state index in [4.69, 9.17) is 10.6 Å². The van der Waals surface area contributed by atoms with Crippen molar-refractivity contribution in [2.24, 2.45) is 5.84 Å². The van der Waals surface area contributed by atoms with Crippen LogP contribution in [0.4, 0.5) is 5.82 Å². The van der Waals surface area contributed by atoms with Crippen molar-refractivity contribution in [3.8, 4) is 5.75 Å². The normalized spacial score (nSPS) is 9.90. The van der Waals surface area contributed by atoms with E-state index in [1.54, 1.807) is 7.11 Å². The van der Waals surface area contributed by atoms with Gasteiger partial charge in [-0.05, 0) is 6.07 Å². The van der Waals surface area contributed by atoms with Crippen LogP contribution in [0, 0.1) is 0 Å². The molecule has 104 valence electrons. The minimum atomic E-state index is -0.333. The number of aromatic nitrogens is 2. The number of nitrogens with two attached hydrogens (primary N) is 1. The molecule has 0 atom stereocenters. The zero-order chi connectivity index (χ0) is 14.4. The first-order valence-electron chi connectivity index (χ1n) is 5.93. The lowest BCUT2D eigenvalue weighted by molar-refractivity contribution is 0.0945. The van der Waals surface area contributed by atoms with Gasteiger partial charge in [0, 0.05) is 12.1 Å².